The molecule has 1 aromatic carbocycles. The summed E-state index contributed by atoms with van der Waals surface area (Å²) in [6.07, 6.45) is 2.87. The third kappa shape index (κ3) is 2.81. The van der Waals surface area contributed by atoms with Crippen molar-refractivity contribution in [3.8, 4) is 0 Å². The summed E-state index contributed by atoms with van der Waals surface area (Å²) in [4.78, 5) is 32.1. The molecule has 1 aromatic heterocycles. The lowest BCUT2D eigenvalue weighted by atomic mass is 9.96. The first-order valence-electron chi connectivity index (χ1n) is 6.92. The summed E-state index contributed by atoms with van der Waals surface area (Å²) in [7, 11) is 0. The van der Waals surface area contributed by atoms with Gasteiger partial charge >= 0.3 is 6.03 Å². The highest BCUT2D eigenvalue weighted by molar-refractivity contribution is 5.92. The van der Waals surface area contributed by atoms with Gasteiger partial charge in [0, 0.05) is 24.7 Å². The Kier molecular flexibility index (Phi) is 3.47. The zero-order valence-corrected chi connectivity index (χ0v) is 11.5. The largest absolute Gasteiger partial charge is 0.369 e. The van der Waals surface area contributed by atoms with E-state index < -0.39 is 0 Å². The zero-order valence-electron chi connectivity index (χ0n) is 11.5. The van der Waals surface area contributed by atoms with Crippen molar-refractivity contribution in [2.45, 2.75) is 12.8 Å². The van der Waals surface area contributed by atoms with Crippen LogP contribution in [0.2, 0.25) is 0 Å². The molecule has 0 aliphatic carbocycles. The first-order valence-corrected chi connectivity index (χ1v) is 6.92. The van der Waals surface area contributed by atoms with Crippen LogP contribution in [0.4, 0.5) is 10.5 Å². The van der Waals surface area contributed by atoms with E-state index in [4.69, 9.17) is 5.73 Å². The van der Waals surface area contributed by atoms with Crippen molar-refractivity contribution >= 4 is 28.7 Å². The molecule has 1 aliphatic rings. The number of nitrogens with two attached hydrogens (primary N) is 1. The molecule has 110 valence electrons. The number of carbonyl (C=O) groups is 2. The molecule has 0 bridgehead atoms. The number of imidazole rings is 1. The minimum absolute atomic E-state index is 0.115. The number of nitrogens with zero attached hydrogens (tertiary/aromatic N) is 2. The SMILES string of the molecule is NC(=O)C1CCN(C(=O)Nc2ccc3nc[nH]c3c2)CC1. The van der Waals surface area contributed by atoms with Crippen LogP contribution < -0.4 is 11.1 Å². The standard InChI is InChI=1S/C14H17N5O2/c15-13(20)9-3-5-19(6-4-9)14(21)18-10-1-2-11-12(7-10)17-8-16-11/h1-2,7-9H,3-6H2,(H2,15,20)(H,16,17)(H,18,21). The maximum atomic E-state index is 12.2. The van der Waals surface area contributed by atoms with Crippen LogP contribution in [0, 0.1) is 5.92 Å². The zero-order chi connectivity index (χ0) is 14.8. The van der Waals surface area contributed by atoms with E-state index in [-0.39, 0.29) is 17.9 Å². The van der Waals surface area contributed by atoms with Crippen molar-refractivity contribution in [2.24, 2.45) is 11.7 Å². The molecule has 7 nitrogen and oxygen atoms in total. The molecule has 3 amide bonds. The Balaban J connectivity index is 1.62. The summed E-state index contributed by atoms with van der Waals surface area (Å²) in [6.45, 7) is 1.09. The molecule has 0 atom stereocenters. The Hall–Kier alpha value is -2.57. The minimum atomic E-state index is -0.278. The van der Waals surface area contributed by atoms with Crippen LogP contribution in [-0.2, 0) is 4.79 Å². The van der Waals surface area contributed by atoms with Crippen molar-refractivity contribution in [1.82, 2.24) is 14.9 Å². The topological polar surface area (TPSA) is 104 Å². The first-order chi connectivity index (χ1) is 10.1. The number of amides is 3. The molecule has 4 N–H and O–H groups in total. The third-order valence-corrected chi connectivity index (χ3v) is 3.86. The molecule has 1 saturated heterocycles. The smallest absolute Gasteiger partial charge is 0.321 e. The number of likely N-dealkylation sites (tertiary alicyclic amines) is 1. The van der Waals surface area contributed by atoms with E-state index in [0.717, 1.165) is 11.0 Å². The number of urea groups is 1. The molecule has 0 spiro atoms. The fourth-order valence-electron chi connectivity index (χ4n) is 2.58. The van der Waals surface area contributed by atoms with Gasteiger partial charge in [-0.25, -0.2) is 9.78 Å². The third-order valence-electron chi connectivity index (χ3n) is 3.86. The van der Waals surface area contributed by atoms with E-state index in [9.17, 15) is 9.59 Å². The number of primary amides is 1. The van der Waals surface area contributed by atoms with Crippen LogP contribution in [-0.4, -0.2) is 39.9 Å². The molecular weight excluding hydrogens is 270 g/mol. The number of aromatic amines is 1. The van der Waals surface area contributed by atoms with Crippen molar-refractivity contribution < 1.29 is 9.59 Å². The highest BCUT2D eigenvalue weighted by Gasteiger charge is 2.25. The predicted octanol–water partition coefficient (Wildman–Crippen LogP) is 1.29. The Morgan fingerprint density at radius 1 is 1.33 bits per heavy atom. The van der Waals surface area contributed by atoms with E-state index in [1.165, 1.54) is 0 Å². The van der Waals surface area contributed by atoms with Crippen LogP contribution in [0.25, 0.3) is 11.0 Å². The highest BCUT2D eigenvalue weighted by Crippen LogP contribution is 2.19. The summed E-state index contributed by atoms with van der Waals surface area (Å²) in [5.74, 6) is -0.393. The van der Waals surface area contributed by atoms with E-state index in [1.54, 1.807) is 11.2 Å². The number of hydrogen-bond donors (Lipinski definition) is 3. The number of anilines is 1. The number of benzene rings is 1. The number of rotatable bonds is 2. The van der Waals surface area contributed by atoms with Gasteiger partial charge in [0.25, 0.3) is 0 Å². The average Bonchev–Trinajstić information content (AvgIpc) is 2.95. The van der Waals surface area contributed by atoms with Crippen LogP contribution in [0.3, 0.4) is 0 Å². The molecule has 2 aromatic rings. The van der Waals surface area contributed by atoms with Gasteiger partial charge < -0.3 is 20.9 Å². The number of fused-ring (bicyclic) bond motifs is 1. The predicted molar refractivity (Wildman–Crippen MR) is 78.6 cm³/mol. The maximum absolute atomic E-state index is 12.2. The fourth-order valence-corrected chi connectivity index (χ4v) is 2.58. The molecule has 7 heteroatoms. The van der Waals surface area contributed by atoms with Crippen molar-refractivity contribution in [1.29, 1.82) is 0 Å². The van der Waals surface area contributed by atoms with Gasteiger partial charge in [0.2, 0.25) is 5.91 Å². The molecule has 1 aliphatic heterocycles. The number of aromatic nitrogens is 2. The lowest BCUT2D eigenvalue weighted by Crippen LogP contribution is -2.43. The van der Waals surface area contributed by atoms with Crippen molar-refractivity contribution in [3.63, 3.8) is 0 Å². The Bertz CT molecular complexity index is 673. The van der Waals surface area contributed by atoms with E-state index in [1.807, 2.05) is 18.2 Å². The Morgan fingerprint density at radius 2 is 2.10 bits per heavy atom. The second kappa shape index (κ2) is 5.43. The van der Waals surface area contributed by atoms with Gasteiger partial charge in [0.1, 0.15) is 0 Å². The van der Waals surface area contributed by atoms with Crippen LogP contribution in [0.15, 0.2) is 24.5 Å². The van der Waals surface area contributed by atoms with Gasteiger partial charge in [-0.15, -0.1) is 0 Å². The second-order valence-corrected chi connectivity index (χ2v) is 5.23. The van der Waals surface area contributed by atoms with Crippen LogP contribution in [0.1, 0.15) is 12.8 Å². The van der Waals surface area contributed by atoms with Crippen LogP contribution >= 0.6 is 0 Å². The quantitative estimate of drug-likeness (QED) is 0.775. The lowest BCUT2D eigenvalue weighted by molar-refractivity contribution is -0.122. The van der Waals surface area contributed by atoms with Crippen LogP contribution in [0.5, 0.6) is 0 Å². The molecule has 0 unspecified atom stereocenters. The summed E-state index contributed by atoms with van der Waals surface area (Å²) in [5, 5.41) is 2.86. The number of nitrogens with one attached hydrogen (secondary N) is 2. The van der Waals surface area contributed by atoms with Gasteiger partial charge in [0.15, 0.2) is 0 Å². The van der Waals surface area contributed by atoms with Gasteiger partial charge in [-0.1, -0.05) is 0 Å². The average molecular weight is 287 g/mol. The number of piperidine rings is 1. The summed E-state index contributed by atoms with van der Waals surface area (Å²) in [5.41, 5.74) is 7.74. The number of H-pyrrole nitrogens is 1. The Labute approximate surface area is 121 Å². The van der Waals surface area contributed by atoms with Crippen molar-refractivity contribution in [2.75, 3.05) is 18.4 Å². The molecule has 3 rings (SSSR count). The second-order valence-electron chi connectivity index (χ2n) is 5.23. The normalized spacial score (nSPS) is 16.1. The van der Waals surface area contributed by atoms with E-state index >= 15 is 0 Å². The molecule has 1 fully saturated rings. The molecule has 0 saturated carbocycles. The number of hydrogen-bond acceptors (Lipinski definition) is 3. The highest BCUT2D eigenvalue weighted by atomic mass is 16.2. The number of carbonyl (C=O) groups excluding carboxylic acids is 2. The van der Waals surface area contributed by atoms with E-state index in [0.29, 0.717) is 31.6 Å². The fraction of sp³-hybridized carbons (Fsp3) is 0.357. The van der Waals surface area contributed by atoms with Gasteiger partial charge in [0.05, 0.1) is 17.4 Å². The van der Waals surface area contributed by atoms with Gasteiger partial charge in [-0.3, -0.25) is 4.79 Å². The van der Waals surface area contributed by atoms with E-state index in [2.05, 4.69) is 15.3 Å². The van der Waals surface area contributed by atoms with Gasteiger partial charge in [-0.05, 0) is 31.0 Å². The van der Waals surface area contributed by atoms with Crippen molar-refractivity contribution in [3.05, 3.63) is 24.5 Å². The lowest BCUT2D eigenvalue weighted by Gasteiger charge is -2.30. The Morgan fingerprint density at radius 3 is 2.81 bits per heavy atom. The monoisotopic (exact) mass is 287 g/mol. The molecule has 2 heterocycles. The maximum Gasteiger partial charge on any atom is 0.321 e. The molecule has 21 heavy (non-hydrogen) atoms. The molecular formula is C14H17N5O2. The minimum Gasteiger partial charge on any atom is -0.369 e. The summed E-state index contributed by atoms with van der Waals surface area (Å²) >= 11 is 0. The van der Waals surface area contributed by atoms with Gasteiger partial charge in [-0.2, -0.15) is 0 Å². The molecule has 0 radical (unpaired) electrons. The summed E-state index contributed by atoms with van der Waals surface area (Å²) in [6, 6.07) is 5.35. The summed E-state index contributed by atoms with van der Waals surface area (Å²) < 4.78 is 0. The first kappa shape index (κ1) is 13.4.